The first-order valence-electron chi connectivity index (χ1n) is 8.96. The molecule has 148 valence electrons. The van der Waals surface area contributed by atoms with Crippen molar-refractivity contribution in [1.82, 2.24) is 9.80 Å². The lowest BCUT2D eigenvalue weighted by molar-refractivity contribution is -0.113. The number of likely N-dealkylation sites (N-methyl/N-ethyl adjacent to an activating group) is 1. The third-order valence-electron chi connectivity index (χ3n) is 4.29. The number of amides is 1. The Bertz CT molecular complexity index is 839. The molecule has 1 amide bonds. The predicted molar refractivity (Wildman–Crippen MR) is 110 cm³/mol. The van der Waals surface area contributed by atoms with Gasteiger partial charge in [-0.2, -0.15) is 0 Å². The summed E-state index contributed by atoms with van der Waals surface area (Å²) >= 11 is 1.31. The Labute approximate surface area is 167 Å². The van der Waals surface area contributed by atoms with Gasteiger partial charge in [0.05, 0.1) is 17.1 Å². The Hall–Kier alpha value is -2.45. The molecule has 1 saturated heterocycles. The fourth-order valence-electron chi connectivity index (χ4n) is 2.71. The number of thioether (sulfide) groups is 1. The first kappa shape index (κ1) is 20.3. The molecule has 5 nitrogen and oxygen atoms in total. The highest BCUT2D eigenvalue weighted by Crippen LogP contribution is 2.20. The van der Waals surface area contributed by atoms with Crippen molar-refractivity contribution in [3.63, 3.8) is 0 Å². The highest BCUT2D eigenvalue weighted by atomic mass is 32.2. The fourth-order valence-corrected chi connectivity index (χ4v) is 3.58. The number of para-hydroxylation sites is 1. The van der Waals surface area contributed by atoms with Gasteiger partial charge >= 0.3 is 0 Å². The molecule has 0 unspecified atom stereocenters. The minimum Gasteiger partial charge on any atom is -0.349 e. The highest BCUT2D eigenvalue weighted by molar-refractivity contribution is 8.14. The van der Waals surface area contributed by atoms with Crippen LogP contribution in [0.4, 0.5) is 20.2 Å². The van der Waals surface area contributed by atoms with E-state index in [-0.39, 0.29) is 17.3 Å². The van der Waals surface area contributed by atoms with Crippen LogP contribution < -0.4 is 5.32 Å². The number of carbonyl (C=O) groups excluding carboxylic acids is 1. The number of anilines is 1. The maximum Gasteiger partial charge on any atom is 0.234 e. The van der Waals surface area contributed by atoms with Crippen molar-refractivity contribution in [2.45, 2.75) is 0 Å². The third kappa shape index (κ3) is 5.77. The van der Waals surface area contributed by atoms with E-state index >= 15 is 0 Å². The molecule has 0 spiro atoms. The van der Waals surface area contributed by atoms with Crippen molar-refractivity contribution >= 4 is 34.2 Å². The molecule has 1 aliphatic heterocycles. The molecule has 0 radical (unpaired) electrons. The lowest BCUT2D eigenvalue weighted by Crippen LogP contribution is -2.46. The Morgan fingerprint density at radius 2 is 1.82 bits per heavy atom. The summed E-state index contributed by atoms with van der Waals surface area (Å²) in [5.74, 6) is -1.77. The standard InChI is InChI=1S/C20H22F2N4OS/c1-25-9-11-26(12-10-25)20(23-16-5-3-2-4-6-16)28-14-19(27)24-18-8-7-15(21)13-17(18)22/h2-8,13H,9-12,14H2,1H3,(H,24,27). The SMILES string of the molecule is CN1CCN(C(=Nc2ccccc2)SCC(=O)Nc2ccc(F)cc2F)CC1. The maximum absolute atomic E-state index is 13.7. The number of carbonyl (C=O) groups is 1. The van der Waals surface area contributed by atoms with E-state index in [0.29, 0.717) is 0 Å². The van der Waals surface area contributed by atoms with Crippen molar-refractivity contribution < 1.29 is 13.6 Å². The zero-order valence-electron chi connectivity index (χ0n) is 15.6. The smallest absolute Gasteiger partial charge is 0.234 e. The van der Waals surface area contributed by atoms with Crippen molar-refractivity contribution in [1.29, 1.82) is 0 Å². The molecule has 1 heterocycles. The van der Waals surface area contributed by atoms with Gasteiger partial charge < -0.3 is 15.1 Å². The van der Waals surface area contributed by atoms with E-state index in [9.17, 15) is 13.6 Å². The van der Waals surface area contributed by atoms with Crippen molar-refractivity contribution in [3.05, 3.63) is 60.2 Å². The molecule has 2 aromatic rings. The minimum absolute atomic E-state index is 0.0341. The van der Waals surface area contributed by atoms with Crippen LogP contribution >= 0.6 is 11.8 Å². The number of aliphatic imine (C=N–C) groups is 1. The van der Waals surface area contributed by atoms with E-state index in [1.807, 2.05) is 30.3 Å². The van der Waals surface area contributed by atoms with Gasteiger partial charge in [0.15, 0.2) is 5.17 Å². The molecule has 28 heavy (non-hydrogen) atoms. The van der Waals surface area contributed by atoms with E-state index in [0.717, 1.165) is 49.2 Å². The first-order chi connectivity index (χ1) is 13.5. The normalized spacial score (nSPS) is 15.5. The largest absolute Gasteiger partial charge is 0.349 e. The number of nitrogens with one attached hydrogen (secondary N) is 1. The van der Waals surface area contributed by atoms with Gasteiger partial charge in [-0.15, -0.1) is 0 Å². The van der Waals surface area contributed by atoms with Gasteiger partial charge in [0.2, 0.25) is 5.91 Å². The number of amidine groups is 1. The Kier molecular flexibility index (Phi) is 7.00. The van der Waals surface area contributed by atoms with Crippen LogP contribution in [0.3, 0.4) is 0 Å². The van der Waals surface area contributed by atoms with Crippen molar-refractivity contribution in [3.8, 4) is 0 Å². The van der Waals surface area contributed by atoms with E-state index in [4.69, 9.17) is 4.99 Å². The maximum atomic E-state index is 13.7. The van der Waals surface area contributed by atoms with Crippen LogP contribution in [-0.4, -0.2) is 59.9 Å². The number of hydrogen-bond donors (Lipinski definition) is 1. The fraction of sp³-hybridized carbons (Fsp3) is 0.300. The van der Waals surface area contributed by atoms with Crippen LogP contribution in [0.25, 0.3) is 0 Å². The monoisotopic (exact) mass is 404 g/mol. The molecule has 1 aliphatic rings. The molecule has 0 saturated carbocycles. The second kappa shape index (κ2) is 9.66. The summed E-state index contributed by atoms with van der Waals surface area (Å²) in [7, 11) is 2.07. The Morgan fingerprint density at radius 3 is 2.50 bits per heavy atom. The van der Waals surface area contributed by atoms with Gasteiger partial charge in [-0.25, -0.2) is 13.8 Å². The molecule has 1 fully saturated rings. The van der Waals surface area contributed by atoms with Gasteiger partial charge in [0.1, 0.15) is 11.6 Å². The van der Waals surface area contributed by atoms with Gasteiger partial charge in [-0.05, 0) is 31.3 Å². The van der Waals surface area contributed by atoms with Crippen LogP contribution in [0.1, 0.15) is 0 Å². The van der Waals surface area contributed by atoms with Gasteiger partial charge in [0.25, 0.3) is 0 Å². The van der Waals surface area contributed by atoms with Crippen LogP contribution in [-0.2, 0) is 4.79 Å². The predicted octanol–water partition coefficient (Wildman–Crippen LogP) is 3.57. The topological polar surface area (TPSA) is 47.9 Å². The van der Waals surface area contributed by atoms with Gasteiger partial charge in [-0.3, -0.25) is 4.79 Å². The van der Waals surface area contributed by atoms with Crippen molar-refractivity contribution in [2.75, 3.05) is 44.3 Å². The molecular formula is C20H22F2N4OS. The Balaban J connectivity index is 1.67. The molecule has 0 atom stereocenters. The van der Waals surface area contributed by atoms with Crippen LogP contribution in [0.5, 0.6) is 0 Å². The summed E-state index contributed by atoms with van der Waals surface area (Å²) in [5.41, 5.74) is 0.780. The van der Waals surface area contributed by atoms with E-state index in [2.05, 4.69) is 22.2 Å². The molecule has 0 aromatic heterocycles. The van der Waals surface area contributed by atoms with E-state index in [1.54, 1.807) is 0 Å². The quantitative estimate of drug-likeness (QED) is 0.625. The highest BCUT2D eigenvalue weighted by Gasteiger charge is 2.19. The second-order valence-electron chi connectivity index (χ2n) is 6.48. The molecule has 0 aliphatic carbocycles. The number of nitrogens with zero attached hydrogens (tertiary/aromatic N) is 3. The van der Waals surface area contributed by atoms with Crippen LogP contribution in [0.2, 0.25) is 0 Å². The number of hydrogen-bond acceptors (Lipinski definition) is 4. The molecule has 0 bridgehead atoms. The zero-order valence-corrected chi connectivity index (χ0v) is 16.4. The molecule has 2 aromatic carbocycles. The molecule has 1 N–H and O–H groups in total. The summed E-state index contributed by atoms with van der Waals surface area (Å²) in [6.45, 7) is 3.48. The lowest BCUT2D eigenvalue weighted by Gasteiger charge is -2.34. The summed E-state index contributed by atoms with van der Waals surface area (Å²) in [6.07, 6.45) is 0. The summed E-state index contributed by atoms with van der Waals surface area (Å²) in [4.78, 5) is 21.4. The number of piperazine rings is 1. The summed E-state index contributed by atoms with van der Waals surface area (Å²) < 4.78 is 26.7. The third-order valence-corrected chi connectivity index (χ3v) is 5.31. The molecular weight excluding hydrogens is 382 g/mol. The number of rotatable bonds is 4. The molecule has 8 heteroatoms. The van der Waals surface area contributed by atoms with E-state index in [1.165, 1.54) is 17.8 Å². The van der Waals surface area contributed by atoms with Gasteiger partial charge in [0, 0.05) is 32.2 Å². The first-order valence-corrected chi connectivity index (χ1v) is 9.95. The van der Waals surface area contributed by atoms with E-state index < -0.39 is 11.6 Å². The summed E-state index contributed by atoms with van der Waals surface area (Å²) in [6, 6.07) is 12.6. The lowest BCUT2D eigenvalue weighted by atomic mass is 10.3. The van der Waals surface area contributed by atoms with Crippen molar-refractivity contribution in [2.24, 2.45) is 4.99 Å². The molecule has 3 rings (SSSR count). The summed E-state index contributed by atoms with van der Waals surface area (Å²) in [5, 5.41) is 3.24. The van der Waals surface area contributed by atoms with Gasteiger partial charge in [-0.1, -0.05) is 30.0 Å². The zero-order chi connectivity index (χ0) is 19.9. The minimum atomic E-state index is -0.796. The number of halogens is 2. The van der Waals surface area contributed by atoms with Crippen LogP contribution in [0.15, 0.2) is 53.5 Å². The second-order valence-corrected chi connectivity index (χ2v) is 7.42. The average Bonchev–Trinajstić information content (AvgIpc) is 2.69. The number of benzene rings is 2. The Morgan fingerprint density at radius 1 is 1.11 bits per heavy atom. The van der Waals surface area contributed by atoms with Crippen LogP contribution in [0, 0.1) is 11.6 Å². The average molecular weight is 404 g/mol.